The van der Waals surface area contributed by atoms with E-state index in [1.54, 1.807) is 57.7 Å². The number of carbonyl (C=O) groups excluding carboxylic acids is 3. The van der Waals surface area contributed by atoms with Crippen molar-refractivity contribution in [3.63, 3.8) is 0 Å². The van der Waals surface area contributed by atoms with Crippen molar-refractivity contribution in [2.24, 2.45) is 0 Å². The van der Waals surface area contributed by atoms with Gasteiger partial charge in [-0.05, 0) is 48.4 Å². The summed E-state index contributed by atoms with van der Waals surface area (Å²) in [6, 6.07) is 11.0. The Bertz CT molecular complexity index is 1350. The third-order valence-electron chi connectivity index (χ3n) is 6.29. The predicted molar refractivity (Wildman–Crippen MR) is 144 cm³/mol. The van der Waals surface area contributed by atoms with Gasteiger partial charge in [-0.1, -0.05) is 19.4 Å². The number of nitrogens with one attached hydrogen (secondary N) is 2. The number of carbonyl (C=O) groups is 3. The number of nitrogens with zero attached hydrogens (tertiary/aromatic N) is 2. The lowest BCUT2D eigenvalue weighted by atomic mass is 10.0. The summed E-state index contributed by atoms with van der Waals surface area (Å²) in [4.78, 5) is 37.9. The van der Waals surface area contributed by atoms with Crippen LogP contribution in [0.1, 0.15) is 48.3 Å². The normalized spacial score (nSPS) is 13.9. The highest BCUT2D eigenvalue weighted by Crippen LogP contribution is 2.41. The van der Waals surface area contributed by atoms with E-state index in [-0.39, 0.29) is 24.8 Å². The van der Waals surface area contributed by atoms with Crippen molar-refractivity contribution in [1.29, 1.82) is 0 Å². The van der Waals surface area contributed by atoms with E-state index in [9.17, 15) is 14.4 Å². The quantitative estimate of drug-likeness (QED) is 0.260. The molecule has 2 heterocycles. The second-order valence-electron chi connectivity index (χ2n) is 8.94. The first-order chi connectivity index (χ1) is 18.9. The molecule has 0 aliphatic carbocycles. The van der Waals surface area contributed by atoms with Gasteiger partial charge in [0, 0.05) is 12.8 Å². The molecule has 1 aliphatic rings. The molecule has 39 heavy (non-hydrogen) atoms. The summed E-state index contributed by atoms with van der Waals surface area (Å²) in [7, 11) is 4.66. The Kier molecular flexibility index (Phi) is 8.82. The molecule has 2 N–H and O–H groups in total. The van der Waals surface area contributed by atoms with Gasteiger partial charge in [-0.3, -0.25) is 9.59 Å². The van der Waals surface area contributed by atoms with Crippen LogP contribution in [0, 0.1) is 0 Å². The average Bonchev–Trinajstić information content (AvgIpc) is 3.43. The van der Waals surface area contributed by atoms with E-state index in [0.717, 1.165) is 18.4 Å². The highest BCUT2D eigenvalue weighted by atomic mass is 16.5. The Morgan fingerprint density at radius 3 is 2.46 bits per heavy atom. The summed E-state index contributed by atoms with van der Waals surface area (Å²) >= 11 is 0. The fourth-order valence-electron chi connectivity index (χ4n) is 4.32. The van der Waals surface area contributed by atoms with Crippen molar-refractivity contribution in [2.45, 2.75) is 38.8 Å². The lowest BCUT2D eigenvalue weighted by Crippen LogP contribution is -2.24. The van der Waals surface area contributed by atoms with Crippen LogP contribution in [0.3, 0.4) is 0 Å². The summed E-state index contributed by atoms with van der Waals surface area (Å²) in [6.07, 6.45) is 1.59. The number of ether oxygens (including phenoxy) is 4. The highest BCUT2D eigenvalue weighted by molar-refractivity contribution is 6.04. The van der Waals surface area contributed by atoms with Crippen LogP contribution in [0.2, 0.25) is 0 Å². The summed E-state index contributed by atoms with van der Waals surface area (Å²) in [5.74, 6) is 0.439. The van der Waals surface area contributed by atoms with Crippen LogP contribution in [-0.4, -0.2) is 55.5 Å². The number of benzene rings is 2. The highest BCUT2D eigenvalue weighted by Gasteiger charge is 2.37. The Balaban J connectivity index is 1.51. The Morgan fingerprint density at radius 2 is 1.79 bits per heavy atom. The Morgan fingerprint density at radius 1 is 1.05 bits per heavy atom. The first kappa shape index (κ1) is 27.6. The number of fused-ring (bicyclic) bond motifs is 1. The summed E-state index contributed by atoms with van der Waals surface area (Å²) in [6.45, 7) is 2.58. The summed E-state index contributed by atoms with van der Waals surface area (Å²) in [5.41, 5.74) is 2.92. The average molecular weight is 537 g/mol. The minimum atomic E-state index is -0.850. The molecule has 1 atom stereocenters. The molecule has 2 aromatic carbocycles. The van der Waals surface area contributed by atoms with Gasteiger partial charge >= 0.3 is 5.97 Å². The van der Waals surface area contributed by atoms with E-state index < -0.39 is 12.0 Å². The zero-order valence-electron chi connectivity index (χ0n) is 22.4. The number of esters is 1. The lowest BCUT2D eigenvalue weighted by Gasteiger charge is -2.11. The molecule has 0 radical (unpaired) electrons. The van der Waals surface area contributed by atoms with Crippen LogP contribution in [0.25, 0.3) is 11.1 Å². The molecule has 1 unspecified atom stereocenters. The number of anilines is 2. The van der Waals surface area contributed by atoms with Gasteiger partial charge in [0.25, 0.3) is 5.91 Å². The first-order valence-electron chi connectivity index (χ1n) is 12.6. The number of methoxy groups -OCH3 is 3. The molecule has 1 aromatic heterocycles. The molecule has 11 heteroatoms. The van der Waals surface area contributed by atoms with E-state index >= 15 is 0 Å². The molecule has 1 aliphatic heterocycles. The van der Waals surface area contributed by atoms with Gasteiger partial charge in [0.2, 0.25) is 5.91 Å². The van der Waals surface area contributed by atoms with Crippen LogP contribution in [0.4, 0.5) is 11.5 Å². The van der Waals surface area contributed by atoms with Crippen molar-refractivity contribution < 1.29 is 33.3 Å². The molecule has 0 bridgehead atoms. The first-order valence-corrected chi connectivity index (χ1v) is 12.6. The van der Waals surface area contributed by atoms with Crippen molar-refractivity contribution in [3.05, 3.63) is 53.7 Å². The molecule has 4 rings (SSSR count). The van der Waals surface area contributed by atoms with Crippen LogP contribution < -0.4 is 20.1 Å². The van der Waals surface area contributed by atoms with E-state index in [2.05, 4.69) is 15.7 Å². The number of hydrogen-bond donors (Lipinski definition) is 2. The maximum absolute atomic E-state index is 12.9. The van der Waals surface area contributed by atoms with Crippen LogP contribution >= 0.6 is 0 Å². The van der Waals surface area contributed by atoms with Gasteiger partial charge in [-0.15, -0.1) is 0 Å². The fourth-order valence-corrected chi connectivity index (χ4v) is 4.32. The zero-order chi connectivity index (χ0) is 27.9. The van der Waals surface area contributed by atoms with Crippen LogP contribution in [-0.2, 0) is 25.7 Å². The van der Waals surface area contributed by atoms with E-state index in [0.29, 0.717) is 46.4 Å². The molecule has 0 saturated carbocycles. The third-order valence-corrected chi connectivity index (χ3v) is 6.29. The van der Waals surface area contributed by atoms with E-state index in [4.69, 9.17) is 18.9 Å². The molecular formula is C28H32N4O7. The standard InChI is InChI=1S/C28H32N4O7/c1-5-6-13-39-28(35)17-7-10-19(11-8-17)29-24(33)15-21-27(34)30-26-25(20(16-36-2)31-32(21)26)18-9-12-22(37-3)23(14-18)38-4/h7-12,14,21H,5-6,13,15-16H2,1-4H3,(H,29,33)(H,30,34). The van der Waals surface area contributed by atoms with E-state index in [1.807, 2.05) is 13.0 Å². The number of aromatic nitrogens is 2. The van der Waals surface area contributed by atoms with Gasteiger partial charge in [0.15, 0.2) is 11.5 Å². The van der Waals surface area contributed by atoms with Crippen molar-refractivity contribution in [3.8, 4) is 22.6 Å². The molecule has 206 valence electrons. The molecule has 3 aromatic rings. The number of rotatable bonds is 12. The van der Waals surface area contributed by atoms with E-state index in [1.165, 1.54) is 4.68 Å². The van der Waals surface area contributed by atoms with Gasteiger partial charge in [-0.2, -0.15) is 5.10 Å². The Hall–Kier alpha value is -4.38. The summed E-state index contributed by atoms with van der Waals surface area (Å²) in [5, 5.41) is 10.3. The van der Waals surface area contributed by atoms with Gasteiger partial charge < -0.3 is 29.6 Å². The number of amides is 2. The van der Waals surface area contributed by atoms with Gasteiger partial charge in [0.1, 0.15) is 11.9 Å². The predicted octanol–water partition coefficient (Wildman–Crippen LogP) is 4.19. The minimum Gasteiger partial charge on any atom is -0.493 e. The Labute approximate surface area is 226 Å². The molecule has 0 fully saturated rings. The molecular weight excluding hydrogens is 504 g/mol. The largest absolute Gasteiger partial charge is 0.493 e. The second kappa shape index (κ2) is 12.4. The minimum absolute atomic E-state index is 0.140. The van der Waals surface area contributed by atoms with Crippen LogP contribution in [0.15, 0.2) is 42.5 Å². The topological polar surface area (TPSA) is 130 Å². The number of unbranched alkanes of at least 4 members (excludes halogenated alkanes) is 1. The maximum atomic E-state index is 12.9. The zero-order valence-corrected chi connectivity index (χ0v) is 22.4. The molecule has 11 nitrogen and oxygen atoms in total. The monoisotopic (exact) mass is 536 g/mol. The van der Waals surface area contributed by atoms with Crippen molar-refractivity contribution in [1.82, 2.24) is 9.78 Å². The van der Waals surface area contributed by atoms with Gasteiger partial charge in [0.05, 0.1) is 50.7 Å². The fraction of sp³-hybridized carbons (Fsp3) is 0.357. The van der Waals surface area contributed by atoms with Gasteiger partial charge in [-0.25, -0.2) is 9.48 Å². The lowest BCUT2D eigenvalue weighted by molar-refractivity contribution is -0.123. The molecule has 2 amide bonds. The molecule has 0 saturated heterocycles. The molecule has 0 spiro atoms. The third kappa shape index (κ3) is 6.04. The SMILES string of the molecule is CCCCOC(=O)c1ccc(NC(=O)CC2C(=O)Nc3c(-c4ccc(OC)c(OC)c4)c(COC)nn32)cc1. The number of hydrogen-bond acceptors (Lipinski definition) is 8. The van der Waals surface area contributed by atoms with Crippen LogP contribution in [0.5, 0.6) is 11.5 Å². The smallest absolute Gasteiger partial charge is 0.338 e. The second-order valence-corrected chi connectivity index (χ2v) is 8.94. The van der Waals surface area contributed by atoms with Crippen molar-refractivity contribution in [2.75, 3.05) is 38.6 Å². The summed E-state index contributed by atoms with van der Waals surface area (Å²) < 4.78 is 22.9. The van der Waals surface area contributed by atoms with Crippen molar-refractivity contribution >= 4 is 29.3 Å². The maximum Gasteiger partial charge on any atom is 0.338 e.